The molecule has 3 rings (SSSR count). The van der Waals surface area contributed by atoms with Crippen LogP contribution < -0.4 is 5.73 Å². The fourth-order valence-electron chi connectivity index (χ4n) is 2.56. The van der Waals surface area contributed by atoms with Gasteiger partial charge in [-0.3, -0.25) is 4.79 Å². The maximum atomic E-state index is 12.7. The maximum absolute atomic E-state index is 12.7. The van der Waals surface area contributed by atoms with E-state index in [-0.39, 0.29) is 11.2 Å². The number of carbonyl (C=O) groups is 1. The fraction of sp³-hybridized carbons (Fsp3) is 0.235. The molecular weight excluding hydrogens is 234 g/mol. The van der Waals surface area contributed by atoms with E-state index in [0.29, 0.717) is 0 Å². The van der Waals surface area contributed by atoms with Crippen LogP contribution in [0.3, 0.4) is 0 Å². The van der Waals surface area contributed by atoms with Gasteiger partial charge in [0, 0.05) is 11.3 Å². The first-order chi connectivity index (χ1) is 9.12. The molecular formula is C17H17NO. The van der Waals surface area contributed by atoms with Crippen LogP contribution in [0.5, 0.6) is 0 Å². The Labute approximate surface area is 113 Å². The van der Waals surface area contributed by atoms with E-state index in [1.807, 2.05) is 55.5 Å². The quantitative estimate of drug-likeness (QED) is 0.670. The Balaban J connectivity index is 1.94. The predicted molar refractivity (Wildman–Crippen MR) is 77.3 cm³/mol. The summed E-state index contributed by atoms with van der Waals surface area (Å²) in [7, 11) is 0. The molecule has 0 heterocycles. The molecule has 1 fully saturated rings. The topological polar surface area (TPSA) is 43.1 Å². The Kier molecular flexibility index (Phi) is 2.67. The highest BCUT2D eigenvalue weighted by molar-refractivity contribution is 6.06. The van der Waals surface area contributed by atoms with Crippen molar-refractivity contribution < 1.29 is 4.79 Å². The molecule has 1 aliphatic carbocycles. The van der Waals surface area contributed by atoms with Crippen LogP contribution in [0.15, 0.2) is 48.5 Å². The van der Waals surface area contributed by atoms with E-state index in [1.165, 1.54) is 5.56 Å². The van der Waals surface area contributed by atoms with Crippen molar-refractivity contribution in [3.8, 4) is 0 Å². The Morgan fingerprint density at radius 1 is 1.00 bits per heavy atom. The van der Waals surface area contributed by atoms with Gasteiger partial charge >= 0.3 is 0 Å². The number of anilines is 1. The molecule has 0 bridgehead atoms. The van der Waals surface area contributed by atoms with E-state index in [2.05, 4.69) is 0 Å². The minimum atomic E-state index is -0.303. The summed E-state index contributed by atoms with van der Waals surface area (Å²) >= 11 is 0. The van der Waals surface area contributed by atoms with Crippen molar-refractivity contribution in [3.05, 3.63) is 65.2 Å². The fourth-order valence-corrected chi connectivity index (χ4v) is 2.56. The van der Waals surface area contributed by atoms with Gasteiger partial charge < -0.3 is 5.73 Å². The van der Waals surface area contributed by atoms with E-state index in [4.69, 9.17) is 5.73 Å². The third-order valence-electron chi connectivity index (χ3n) is 3.96. The number of Topliss-reactive ketones (excluding diaryl/α,β-unsaturated/α-hetero) is 1. The number of hydrogen-bond acceptors (Lipinski definition) is 2. The lowest BCUT2D eigenvalue weighted by Crippen LogP contribution is -2.20. The Morgan fingerprint density at radius 2 is 1.58 bits per heavy atom. The van der Waals surface area contributed by atoms with Crippen LogP contribution in [0.4, 0.5) is 5.69 Å². The normalized spacial score (nSPS) is 16.1. The van der Waals surface area contributed by atoms with E-state index in [9.17, 15) is 4.79 Å². The van der Waals surface area contributed by atoms with Gasteiger partial charge in [0.15, 0.2) is 5.78 Å². The van der Waals surface area contributed by atoms with Gasteiger partial charge in [0.2, 0.25) is 0 Å². The zero-order valence-electron chi connectivity index (χ0n) is 11.0. The number of hydrogen-bond donors (Lipinski definition) is 1. The van der Waals surface area contributed by atoms with Gasteiger partial charge in [0.1, 0.15) is 0 Å². The van der Waals surface area contributed by atoms with Gasteiger partial charge in [0.25, 0.3) is 0 Å². The first kappa shape index (κ1) is 12.0. The van der Waals surface area contributed by atoms with Crippen molar-refractivity contribution in [2.24, 2.45) is 0 Å². The smallest absolute Gasteiger partial charge is 0.173 e. The summed E-state index contributed by atoms with van der Waals surface area (Å²) in [6, 6.07) is 15.5. The summed E-state index contributed by atoms with van der Waals surface area (Å²) in [4.78, 5) is 12.7. The molecule has 1 saturated carbocycles. The largest absolute Gasteiger partial charge is 0.399 e. The number of carbonyl (C=O) groups excluding carboxylic acids is 1. The summed E-state index contributed by atoms with van der Waals surface area (Å²) in [6.45, 7) is 2.03. The molecule has 96 valence electrons. The third kappa shape index (κ3) is 2.03. The average molecular weight is 251 g/mol. The van der Waals surface area contributed by atoms with Crippen molar-refractivity contribution in [2.45, 2.75) is 25.2 Å². The van der Waals surface area contributed by atoms with Crippen LogP contribution in [-0.4, -0.2) is 5.78 Å². The number of ketones is 1. The first-order valence-electron chi connectivity index (χ1n) is 6.59. The van der Waals surface area contributed by atoms with Crippen LogP contribution in [-0.2, 0) is 5.41 Å². The molecule has 0 unspecified atom stereocenters. The van der Waals surface area contributed by atoms with Crippen LogP contribution in [0.25, 0.3) is 0 Å². The summed E-state index contributed by atoms with van der Waals surface area (Å²) in [6.07, 6.45) is 1.87. The van der Waals surface area contributed by atoms with Gasteiger partial charge in [-0.2, -0.15) is 0 Å². The number of aryl methyl sites for hydroxylation is 1. The second-order valence-corrected chi connectivity index (χ2v) is 5.40. The second kappa shape index (κ2) is 4.23. The number of nitrogen functional groups attached to an aromatic ring is 1. The second-order valence-electron chi connectivity index (χ2n) is 5.40. The standard InChI is InChI=1S/C17H17NO/c1-12-2-4-13(5-3-12)16(19)17(10-11-17)14-6-8-15(18)9-7-14/h2-9H,10-11,18H2,1H3. The minimum absolute atomic E-state index is 0.234. The average Bonchev–Trinajstić information content (AvgIpc) is 3.21. The molecule has 19 heavy (non-hydrogen) atoms. The monoisotopic (exact) mass is 251 g/mol. The van der Waals surface area contributed by atoms with Gasteiger partial charge in [0.05, 0.1) is 5.41 Å². The molecule has 2 aromatic carbocycles. The zero-order chi connectivity index (χ0) is 13.5. The molecule has 0 amide bonds. The first-order valence-corrected chi connectivity index (χ1v) is 6.59. The van der Waals surface area contributed by atoms with Gasteiger partial charge in [-0.25, -0.2) is 0 Å². The zero-order valence-corrected chi connectivity index (χ0v) is 11.0. The molecule has 2 nitrogen and oxygen atoms in total. The molecule has 1 aliphatic rings. The summed E-state index contributed by atoms with van der Waals surface area (Å²) in [5.74, 6) is 0.234. The Hall–Kier alpha value is -2.09. The van der Waals surface area contributed by atoms with E-state index >= 15 is 0 Å². The summed E-state index contributed by atoms with van der Waals surface area (Å²) in [5, 5.41) is 0. The molecule has 2 aromatic rings. The summed E-state index contributed by atoms with van der Waals surface area (Å²) < 4.78 is 0. The lowest BCUT2D eigenvalue weighted by molar-refractivity contribution is 0.0946. The van der Waals surface area contributed by atoms with Crippen LogP contribution in [0, 0.1) is 6.92 Å². The SMILES string of the molecule is Cc1ccc(C(=O)C2(c3ccc(N)cc3)CC2)cc1. The molecule has 0 radical (unpaired) electrons. The lowest BCUT2D eigenvalue weighted by atomic mass is 9.87. The van der Waals surface area contributed by atoms with Gasteiger partial charge in [-0.05, 0) is 37.5 Å². The van der Waals surface area contributed by atoms with E-state index in [0.717, 1.165) is 29.7 Å². The van der Waals surface area contributed by atoms with E-state index < -0.39 is 0 Å². The summed E-state index contributed by atoms with van der Waals surface area (Å²) in [5.41, 5.74) is 9.22. The van der Waals surface area contributed by atoms with E-state index in [1.54, 1.807) is 0 Å². The third-order valence-corrected chi connectivity index (χ3v) is 3.96. The van der Waals surface area contributed by atoms with Crippen molar-refractivity contribution in [1.82, 2.24) is 0 Å². The van der Waals surface area contributed by atoms with Crippen LogP contribution in [0.2, 0.25) is 0 Å². The maximum Gasteiger partial charge on any atom is 0.173 e. The lowest BCUT2D eigenvalue weighted by Gasteiger charge is -2.15. The molecule has 0 aromatic heterocycles. The van der Waals surface area contributed by atoms with Crippen molar-refractivity contribution >= 4 is 11.5 Å². The molecule has 0 atom stereocenters. The molecule has 2 heteroatoms. The van der Waals surface area contributed by atoms with Gasteiger partial charge in [-0.1, -0.05) is 42.0 Å². The van der Waals surface area contributed by atoms with Crippen LogP contribution in [0.1, 0.15) is 34.3 Å². The highest BCUT2D eigenvalue weighted by Gasteiger charge is 2.51. The number of nitrogens with two attached hydrogens (primary N) is 1. The molecule has 0 aliphatic heterocycles. The molecule has 2 N–H and O–H groups in total. The van der Waals surface area contributed by atoms with Crippen molar-refractivity contribution in [2.75, 3.05) is 5.73 Å². The number of benzene rings is 2. The Morgan fingerprint density at radius 3 is 2.11 bits per heavy atom. The van der Waals surface area contributed by atoms with Crippen molar-refractivity contribution in [3.63, 3.8) is 0 Å². The van der Waals surface area contributed by atoms with Gasteiger partial charge in [-0.15, -0.1) is 0 Å². The highest BCUT2D eigenvalue weighted by atomic mass is 16.1. The Bertz CT molecular complexity index is 607. The molecule has 0 spiro atoms. The van der Waals surface area contributed by atoms with Crippen molar-refractivity contribution in [1.29, 1.82) is 0 Å². The predicted octanol–water partition coefficient (Wildman–Crippen LogP) is 3.49. The highest BCUT2D eigenvalue weighted by Crippen LogP contribution is 2.50. The van der Waals surface area contributed by atoms with Crippen LogP contribution >= 0.6 is 0 Å². The molecule has 0 saturated heterocycles. The number of rotatable bonds is 3. The minimum Gasteiger partial charge on any atom is -0.399 e.